The maximum absolute atomic E-state index is 4.70. The van der Waals surface area contributed by atoms with Crippen LogP contribution in [0.4, 0.5) is 5.13 Å². The molecule has 18 heavy (non-hydrogen) atoms. The minimum Gasteiger partial charge on any atom is -0.347 e. The van der Waals surface area contributed by atoms with Crippen molar-refractivity contribution in [2.75, 3.05) is 25.0 Å². The molecule has 1 N–H and O–H groups in total. The summed E-state index contributed by atoms with van der Waals surface area (Å²) in [4.78, 5) is 7.02. The van der Waals surface area contributed by atoms with Gasteiger partial charge in [-0.25, -0.2) is 4.98 Å². The van der Waals surface area contributed by atoms with Crippen LogP contribution in [0.1, 0.15) is 45.9 Å². The summed E-state index contributed by atoms with van der Waals surface area (Å²) >= 11 is 1.53. The van der Waals surface area contributed by atoms with E-state index in [1.807, 2.05) is 0 Å². The number of rotatable bonds is 2. The van der Waals surface area contributed by atoms with Crippen LogP contribution in [0.25, 0.3) is 0 Å². The number of nitrogens with one attached hydrogen (secondary N) is 1. The van der Waals surface area contributed by atoms with Crippen molar-refractivity contribution < 1.29 is 0 Å². The van der Waals surface area contributed by atoms with Gasteiger partial charge in [0, 0.05) is 30.0 Å². The van der Waals surface area contributed by atoms with E-state index in [1.165, 1.54) is 30.8 Å². The van der Waals surface area contributed by atoms with Gasteiger partial charge >= 0.3 is 0 Å². The normalized spacial score (nSPS) is 21.7. The first-order valence-electron chi connectivity index (χ1n) is 6.76. The number of hydrogen-bond donors (Lipinski definition) is 1. The van der Waals surface area contributed by atoms with Crippen LogP contribution in [-0.2, 0) is 5.41 Å². The molecule has 102 valence electrons. The van der Waals surface area contributed by atoms with Gasteiger partial charge in [0.2, 0.25) is 5.13 Å². The van der Waals surface area contributed by atoms with Crippen LogP contribution in [0.15, 0.2) is 0 Å². The van der Waals surface area contributed by atoms with Gasteiger partial charge < -0.3 is 10.2 Å². The Labute approximate surface area is 114 Å². The maximum Gasteiger partial charge on any atom is 0.205 e. The lowest BCUT2D eigenvalue weighted by molar-refractivity contribution is 0.545. The van der Waals surface area contributed by atoms with Crippen LogP contribution in [0, 0.1) is 0 Å². The van der Waals surface area contributed by atoms with E-state index in [0.717, 1.165) is 24.0 Å². The summed E-state index contributed by atoms with van der Waals surface area (Å²) in [6, 6.07) is 0.598. The molecule has 1 atom stereocenters. The average molecular weight is 268 g/mol. The van der Waals surface area contributed by atoms with Crippen molar-refractivity contribution in [2.24, 2.45) is 0 Å². The smallest absolute Gasteiger partial charge is 0.205 e. The highest BCUT2D eigenvalue weighted by Gasteiger charge is 2.24. The minimum absolute atomic E-state index is 0.0423. The van der Waals surface area contributed by atoms with Gasteiger partial charge in [-0.3, -0.25) is 0 Å². The fourth-order valence-electron chi connectivity index (χ4n) is 2.21. The third kappa shape index (κ3) is 3.20. The zero-order valence-electron chi connectivity index (χ0n) is 11.9. The molecule has 0 aromatic carbocycles. The molecule has 1 fully saturated rings. The zero-order chi connectivity index (χ0) is 13.2. The summed E-state index contributed by atoms with van der Waals surface area (Å²) < 4.78 is 4.50. The molecule has 4 nitrogen and oxygen atoms in total. The first-order valence-corrected chi connectivity index (χ1v) is 7.53. The van der Waals surface area contributed by atoms with Gasteiger partial charge in [-0.15, -0.1) is 0 Å². The molecule has 1 aromatic heterocycles. The Morgan fingerprint density at radius 3 is 2.72 bits per heavy atom. The predicted molar refractivity (Wildman–Crippen MR) is 77.5 cm³/mol. The standard InChI is InChI=1S/C13H24N4S/c1-13(2,3)11-15-12(18-16-11)17(4)10-6-5-8-14-9-7-10/h10,14H,5-9H2,1-4H3. The van der Waals surface area contributed by atoms with Crippen molar-refractivity contribution in [2.45, 2.75) is 51.5 Å². The van der Waals surface area contributed by atoms with E-state index >= 15 is 0 Å². The fourth-order valence-corrected chi connectivity index (χ4v) is 3.10. The molecule has 5 heteroatoms. The molecular formula is C13H24N4S. The summed E-state index contributed by atoms with van der Waals surface area (Å²) in [5, 5.41) is 4.52. The van der Waals surface area contributed by atoms with Crippen molar-refractivity contribution in [1.82, 2.24) is 14.7 Å². The van der Waals surface area contributed by atoms with Crippen molar-refractivity contribution in [3.05, 3.63) is 5.82 Å². The lowest BCUT2D eigenvalue weighted by atomic mass is 9.96. The van der Waals surface area contributed by atoms with Crippen LogP contribution in [0.3, 0.4) is 0 Å². The maximum atomic E-state index is 4.70. The molecule has 1 aliphatic heterocycles. The molecule has 0 saturated carbocycles. The Bertz CT molecular complexity index is 375. The van der Waals surface area contributed by atoms with Crippen LogP contribution >= 0.6 is 11.5 Å². The number of anilines is 1. The van der Waals surface area contributed by atoms with E-state index in [0.29, 0.717) is 6.04 Å². The highest BCUT2D eigenvalue weighted by Crippen LogP contribution is 2.27. The second kappa shape index (κ2) is 5.53. The molecule has 2 rings (SSSR count). The Morgan fingerprint density at radius 2 is 2.06 bits per heavy atom. The monoisotopic (exact) mass is 268 g/mol. The highest BCUT2D eigenvalue weighted by molar-refractivity contribution is 7.09. The first-order chi connectivity index (χ1) is 8.48. The molecule has 1 unspecified atom stereocenters. The van der Waals surface area contributed by atoms with Crippen LogP contribution in [0.5, 0.6) is 0 Å². The van der Waals surface area contributed by atoms with Gasteiger partial charge in [-0.1, -0.05) is 20.8 Å². The lowest BCUT2D eigenvalue weighted by Gasteiger charge is -2.26. The third-order valence-corrected chi connectivity index (χ3v) is 4.29. The van der Waals surface area contributed by atoms with E-state index in [1.54, 1.807) is 0 Å². The van der Waals surface area contributed by atoms with Crippen molar-refractivity contribution in [3.8, 4) is 0 Å². The second-order valence-corrected chi connectivity index (χ2v) is 6.83. The van der Waals surface area contributed by atoms with Crippen molar-refractivity contribution in [1.29, 1.82) is 0 Å². The average Bonchev–Trinajstić information content (AvgIpc) is 2.65. The molecule has 0 spiro atoms. The molecule has 0 amide bonds. The molecular weight excluding hydrogens is 244 g/mol. The quantitative estimate of drug-likeness (QED) is 0.894. The summed E-state index contributed by atoms with van der Waals surface area (Å²) in [6.45, 7) is 8.74. The number of nitrogens with zero attached hydrogens (tertiary/aromatic N) is 3. The lowest BCUT2D eigenvalue weighted by Crippen LogP contribution is -2.32. The topological polar surface area (TPSA) is 41.1 Å². The molecule has 0 aliphatic carbocycles. The highest BCUT2D eigenvalue weighted by atomic mass is 32.1. The third-order valence-electron chi connectivity index (χ3n) is 3.48. The second-order valence-electron chi connectivity index (χ2n) is 6.10. The van der Waals surface area contributed by atoms with Gasteiger partial charge in [0.05, 0.1) is 0 Å². The van der Waals surface area contributed by atoms with Crippen molar-refractivity contribution >= 4 is 16.7 Å². The van der Waals surface area contributed by atoms with Crippen molar-refractivity contribution in [3.63, 3.8) is 0 Å². The number of aromatic nitrogens is 2. The van der Waals surface area contributed by atoms with Gasteiger partial charge in [-0.05, 0) is 32.4 Å². The Kier molecular flexibility index (Phi) is 4.22. The van der Waals surface area contributed by atoms with Gasteiger partial charge in [-0.2, -0.15) is 4.37 Å². The SMILES string of the molecule is CN(c1nc(C(C)(C)C)ns1)C1CCCNCC1. The molecule has 0 bridgehead atoms. The predicted octanol–water partition coefficient (Wildman–Crippen LogP) is 2.41. The zero-order valence-corrected chi connectivity index (χ0v) is 12.7. The van der Waals surface area contributed by atoms with E-state index < -0.39 is 0 Å². The van der Waals surface area contributed by atoms with Gasteiger partial charge in [0.15, 0.2) is 0 Å². The van der Waals surface area contributed by atoms with Gasteiger partial charge in [0.1, 0.15) is 5.82 Å². The van der Waals surface area contributed by atoms with Crippen LogP contribution in [0.2, 0.25) is 0 Å². The van der Waals surface area contributed by atoms with Crippen LogP contribution < -0.4 is 10.2 Å². The van der Waals surface area contributed by atoms with Crippen LogP contribution in [-0.4, -0.2) is 35.5 Å². The Hall–Kier alpha value is -0.680. The minimum atomic E-state index is 0.0423. The molecule has 0 radical (unpaired) electrons. The summed E-state index contributed by atoms with van der Waals surface area (Å²) in [6.07, 6.45) is 3.69. The van der Waals surface area contributed by atoms with E-state index in [9.17, 15) is 0 Å². The molecule has 1 saturated heterocycles. The van der Waals surface area contributed by atoms with Gasteiger partial charge in [0.25, 0.3) is 0 Å². The molecule has 1 aromatic rings. The fraction of sp³-hybridized carbons (Fsp3) is 0.846. The van der Waals surface area contributed by atoms with E-state index in [-0.39, 0.29) is 5.41 Å². The Morgan fingerprint density at radius 1 is 1.28 bits per heavy atom. The molecule has 1 aliphatic rings. The summed E-state index contributed by atoms with van der Waals surface area (Å²) in [5.41, 5.74) is 0.0423. The molecule has 2 heterocycles. The summed E-state index contributed by atoms with van der Waals surface area (Å²) in [7, 11) is 2.16. The Balaban J connectivity index is 2.08. The van der Waals surface area contributed by atoms with E-state index in [2.05, 4.69) is 42.4 Å². The first kappa shape index (κ1) is 13.7. The number of hydrogen-bond acceptors (Lipinski definition) is 5. The summed E-state index contributed by atoms with van der Waals surface area (Å²) in [5.74, 6) is 0.959. The van der Waals surface area contributed by atoms with E-state index in [4.69, 9.17) is 4.98 Å². The largest absolute Gasteiger partial charge is 0.347 e.